The molecule has 0 unspecified atom stereocenters. The summed E-state index contributed by atoms with van der Waals surface area (Å²) >= 11 is 6.20. The summed E-state index contributed by atoms with van der Waals surface area (Å²) in [6, 6.07) is 7.21. The fourth-order valence-corrected chi connectivity index (χ4v) is 4.54. The van der Waals surface area contributed by atoms with Gasteiger partial charge in [0, 0.05) is 32.0 Å². The number of carbonyl (C=O) groups is 2. The first kappa shape index (κ1) is 20.2. The van der Waals surface area contributed by atoms with Crippen molar-refractivity contribution >= 4 is 23.4 Å². The number of hydrogen-bond acceptors (Lipinski definition) is 3. The van der Waals surface area contributed by atoms with Crippen molar-refractivity contribution in [1.82, 2.24) is 15.1 Å². The lowest BCUT2D eigenvalue weighted by Gasteiger charge is -2.46. The highest BCUT2D eigenvalue weighted by atomic mass is 35.5. The van der Waals surface area contributed by atoms with Gasteiger partial charge in [-0.05, 0) is 31.4 Å². The summed E-state index contributed by atoms with van der Waals surface area (Å²) in [7, 11) is 0. The zero-order valence-corrected chi connectivity index (χ0v) is 17.4. The van der Waals surface area contributed by atoms with Gasteiger partial charge in [0.05, 0.1) is 22.3 Å². The molecule has 2 fully saturated rings. The zero-order chi connectivity index (χ0) is 19.8. The molecule has 27 heavy (non-hydrogen) atoms. The number of nitrogens with one attached hydrogen (secondary N) is 1. The lowest BCUT2D eigenvalue weighted by Crippen LogP contribution is -2.61. The van der Waals surface area contributed by atoms with E-state index >= 15 is 0 Å². The second kappa shape index (κ2) is 7.80. The maximum atomic E-state index is 13.1. The van der Waals surface area contributed by atoms with Crippen LogP contribution in [-0.4, -0.2) is 52.5 Å². The molecule has 1 aromatic carbocycles. The van der Waals surface area contributed by atoms with Gasteiger partial charge < -0.3 is 9.80 Å². The Balaban J connectivity index is 1.78. The Morgan fingerprint density at radius 1 is 1.26 bits per heavy atom. The molecular weight excluding hydrogens is 362 g/mol. The van der Waals surface area contributed by atoms with Gasteiger partial charge in [-0.15, -0.1) is 0 Å². The summed E-state index contributed by atoms with van der Waals surface area (Å²) in [6.45, 7) is 9.62. The first-order valence-corrected chi connectivity index (χ1v) is 10.3. The summed E-state index contributed by atoms with van der Waals surface area (Å²) in [5.41, 5.74) is 0.197. The van der Waals surface area contributed by atoms with E-state index in [9.17, 15) is 9.59 Å². The van der Waals surface area contributed by atoms with Crippen molar-refractivity contribution in [1.29, 1.82) is 0 Å². The summed E-state index contributed by atoms with van der Waals surface area (Å²) in [5.74, 6) is 0.409. The molecule has 0 aliphatic carbocycles. The van der Waals surface area contributed by atoms with E-state index in [0.717, 1.165) is 19.3 Å². The van der Waals surface area contributed by atoms with Crippen LogP contribution < -0.4 is 5.32 Å². The maximum Gasteiger partial charge on any atom is 0.255 e. The van der Waals surface area contributed by atoms with Gasteiger partial charge in [0.2, 0.25) is 5.91 Å². The van der Waals surface area contributed by atoms with Gasteiger partial charge in [-0.25, -0.2) is 0 Å². The minimum absolute atomic E-state index is 0.0322. The molecule has 0 saturated carbocycles. The lowest BCUT2D eigenvalue weighted by molar-refractivity contribution is -0.136. The monoisotopic (exact) mass is 391 g/mol. The van der Waals surface area contributed by atoms with E-state index in [1.165, 1.54) is 0 Å². The molecule has 5 nitrogen and oxygen atoms in total. The standard InChI is InChI=1S/C21H30ClN3O2/c1-5-15(4)25-20(27)18(14(2)3)23-21(25)10-12-24(13-11-21)19(26)16-8-6-7-9-17(16)22/h6-9,14-15,18,23H,5,10-13H2,1-4H3/t15-,18+/m1/s1. The van der Waals surface area contributed by atoms with E-state index in [-0.39, 0.29) is 35.5 Å². The van der Waals surface area contributed by atoms with E-state index in [1.807, 2.05) is 17.0 Å². The number of benzene rings is 1. The predicted molar refractivity (Wildman–Crippen MR) is 108 cm³/mol. The van der Waals surface area contributed by atoms with Gasteiger partial charge in [-0.1, -0.05) is 44.5 Å². The highest BCUT2D eigenvalue weighted by Gasteiger charge is 2.53. The van der Waals surface area contributed by atoms with Gasteiger partial charge >= 0.3 is 0 Å². The number of carbonyl (C=O) groups excluding carboxylic acids is 2. The minimum Gasteiger partial charge on any atom is -0.338 e. The molecule has 2 heterocycles. The van der Waals surface area contributed by atoms with Crippen LogP contribution in [0.25, 0.3) is 0 Å². The topological polar surface area (TPSA) is 52.7 Å². The number of halogens is 1. The molecule has 0 aromatic heterocycles. The Labute approximate surface area is 167 Å². The SMILES string of the molecule is CC[C@@H](C)N1C(=O)[C@H](C(C)C)NC12CCN(C(=O)c1ccccc1Cl)CC2. The van der Waals surface area contributed by atoms with Crippen LogP contribution in [0.15, 0.2) is 24.3 Å². The number of amides is 2. The molecule has 6 heteroatoms. The van der Waals surface area contributed by atoms with Crippen LogP contribution >= 0.6 is 11.6 Å². The quantitative estimate of drug-likeness (QED) is 0.854. The van der Waals surface area contributed by atoms with Gasteiger partial charge in [0.25, 0.3) is 5.91 Å². The van der Waals surface area contributed by atoms with E-state index in [0.29, 0.717) is 23.7 Å². The molecular formula is C21H30ClN3O2. The highest BCUT2D eigenvalue weighted by Crippen LogP contribution is 2.37. The van der Waals surface area contributed by atoms with Crippen molar-refractivity contribution < 1.29 is 9.59 Å². The van der Waals surface area contributed by atoms with E-state index in [1.54, 1.807) is 12.1 Å². The van der Waals surface area contributed by atoms with Crippen LogP contribution in [0.3, 0.4) is 0 Å². The largest absolute Gasteiger partial charge is 0.338 e. The van der Waals surface area contributed by atoms with Crippen LogP contribution in [0.4, 0.5) is 0 Å². The Morgan fingerprint density at radius 2 is 1.89 bits per heavy atom. The third kappa shape index (κ3) is 3.59. The molecule has 2 saturated heterocycles. The van der Waals surface area contributed by atoms with E-state index < -0.39 is 0 Å². The first-order valence-electron chi connectivity index (χ1n) is 9.95. The lowest BCUT2D eigenvalue weighted by atomic mass is 9.93. The third-order valence-electron chi connectivity index (χ3n) is 6.07. The van der Waals surface area contributed by atoms with Crippen LogP contribution in [0.1, 0.15) is 57.3 Å². The van der Waals surface area contributed by atoms with Crippen molar-refractivity contribution in [3.63, 3.8) is 0 Å². The molecule has 1 aromatic rings. The minimum atomic E-state index is -0.349. The number of hydrogen-bond donors (Lipinski definition) is 1. The Hall–Kier alpha value is -1.59. The molecule has 1 N–H and O–H groups in total. The van der Waals surface area contributed by atoms with Crippen LogP contribution in [0.2, 0.25) is 5.02 Å². The normalized spacial score (nSPS) is 23.3. The third-order valence-corrected chi connectivity index (χ3v) is 6.40. The highest BCUT2D eigenvalue weighted by molar-refractivity contribution is 6.33. The molecule has 2 amide bonds. The van der Waals surface area contributed by atoms with Crippen molar-refractivity contribution in [2.24, 2.45) is 5.92 Å². The molecule has 2 aliphatic rings. The fraction of sp³-hybridized carbons (Fsp3) is 0.619. The number of piperidine rings is 1. The van der Waals surface area contributed by atoms with Gasteiger partial charge in [0.15, 0.2) is 0 Å². The molecule has 3 rings (SSSR count). The second-order valence-electron chi connectivity index (χ2n) is 8.14. The summed E-state index contributed by atoms with van der Waals surface area (Å²) < 4.78 is 0. The summed E-state index contributed by atoms with van der Waals surface area (Å²) in [6.07, 6.45) is 2.40. The predicted octanol–water partition coefficient (Wildman–Crippen LogP) is 3.53. The van der Waals surface area contributed by atoms with Crippen molar-refractivity contribution in [3.8, 4) is 0 Å². The number of likely N-dealkylation sites (tertiary alicyclic amines) is 1. The Kier molecular flexibility index (Phi) is 5.82. The molecule has 1 spiro atoms. The van der Waals surface area contributed by atoms with E-state index in [2.05, 4.69) is 37.9 Å². The fourth-order valence-electron chi connectivity index (χ4n) is 4.32. The summed E-state index contributed by atoms with van der Waals surface area (Å²) in [4.78, 5) is 29.9. The number of rotatable bonds is 4. The molecule has 2 atom stereocenters. The zero-order valence-electron chi connectivity index (χ0n) is 16.7. The molecule has 0 bridgehead atoms. The van der Waals surface area contributed by atoms with Crippen molar-refractivity contribution in [2.45, 2.75) is 64.7 Å². The van der Waals surface area contributed by atoms with Gasteiger partial charge in [0.1, 0.15) is 0 Å². The first-order chi connectivity index (χ1) is 12.8. The smallest absolute Gasteiger partial charge is 0.255 e. The van der Waals surface area contributed by atoms with Gasteiger partial charge in [-0.2, -0.15) is 0 Å². The Bertz CT molecular complexity index is 713. The number of nitrogens with zero attached hydrogens (tertiary/aromatic N) is 2. The molecule has 148 valence electrons. The van der Waals surface area contributed by atoms with Crippen molar-refractivity contribution in [3.05, 3.63) is 34.9 Å². The van der Waals surface area contributed by atoms with Gasteiger partial charge in [-0.3, -0.25) is 14.9 Å². The summed E-state index contributed by atoms with van der Waals surface area (Å²) in [5, 5.41) is 4.13. The average molecular weight is 392 g/mol. The Morgan fingerprint density at radius 3 is 2.44 bits per heavy atom. The molecule has 0 radical (unpaired) electrons. The molecule has 2 aliphatic heterocycles. The van der Waals surface area contributed by atoms with Crippen molar-refractivity contribution in [2.75, 3.05) is 13.1 Å². The van der Waals surface area contributed by atoms with Crippen LogP contribution in [-0.2, 0) is 4.79 Å². The van der Waals surface area contributed by atoms with Crippen LogP contribution in [0, 0.1) is 5.92 Å². The van der Waals surface area contributed by atoms with E-state index in [4.69, 9.17) is 11.6 Å². The second-order valence-corrected chi connectivity index (χ2v) is 8.54. The maximum absolute atomic E-state index is 13.1. The average Bonchev–Trinajstić information content (AvgIpc) is 2.94. The van der Waals surface area contributed by atoms with Crippen LogP contribution in [0.5, 0.6) is 0 Å².